The summed E-state index contributed by atoms with van der Waals surface area (Å²) in [7, 11) is 0. The van der Waals surface area contributed by atoms with E-state index in [9.17, 15) is 19.6 Å². The first-order chi connectivity index (χ1) is 14.9. The van der Waals surface area contributed by atoms with Crippen LogP contribution < -0.4 is 0 Å². The van der Waals surface area contributed by atoms with Gasteiger partial charge in [0.15, 0.2) is 6.10 Å². The molecule has 0 aromatic carbocycles. The third kappa shape index (κ3) is 5.37. The largest absolute Gasteiger partial charge is 0.466 e. The molecule has 0 radical (unpaired) electrons. The number of nitriles is 1. The number of ether oxygens (including phenoxy) is 2. The highest BCUT2D eigenvalue weighted by molar-refractivity contribution is 7.98. The molecule has 0 spiro atoms. The number of esters is 2. The van der Waals surface area contributed by atoms with E-state index in [0.717, 1.165) is 18.5 Å². The number of thioether (sulfide) groups is 1. The lowest BCUT2D eigenvalue weighted by Gasteiger charge is -2.32. The molecule has 1 amide bonds. The molecule has 0 unspecified atom stereocenters. The van der Waals surface area contributed by atoms with Crippen molar-refractivity contribution in [2.24, 2.45) is 5.92 Å². The molecule has 1 aromatic rings. The Labute approximate surface area is 186 Å². The fourth-order valence-corrected chi connectivity index (χ4v) is 4.23. The van der Waals surface area contributed by atoms with Gasteiger partial charge in [-0.15, -0.1) is 11.8 Å². The third-order valence-corrected chi connectivity index (χ3v) is 6.27. The van der Waals surface area contributed by atoms with E-state index in [1.165, 1.54) is 18.7 Å². The first-order valence-electron chi connectivity index (χ1n) is 10.5. The van der Waals surface area contributed by atoms with Gasteiger partial charge in [0.1, 0.15) is 11.1 Å². The maximum Gasteiger partial charge on any atom is 0.340 e. The van der Waals surface area contributed by atoms with Crippen LogP contribution in [0.15, 0.2) is 11.1 Å². The summed E-state index contributed by atoms with van der Waals surface area (Å²) in [4.78, 5) is 43.6. The highest BCUT2D eigenvalue weighted by Gasteiger charge is 2.33. The summed E-state index contributed by atoms with van der Waals surface area (Å²) in [6, 6.07) is 3.68. The van der Waals surface area contributed by atoms with Crippen LogP contribution in [0, 0.1) is 17.2 Å². The first kappa shape index (κ1) is 23.1. The maximum absolute atomic E-state index is 12.9. The average molecular weight is 446 g/mol. The molecule has 166 valence electrons. The summed E-state index contributed by atoms with van der Waals surface area (Å²) < 4.78 is 10.5. The monoisotopic (exact) mass is 445 g/mol. The van der Waals surface area contributed by atoms with Crippen molar-refractivity contribution < 1.29 is 23.9 Å². The lowest BCUT2D eigenvalue weighted by Crippen LogP contribution is -2.45. The summed E-state index contributed by atoms with van der Waals surface area (Å²) in [5, 5.41) is 10.1. The van der Waals surface area contributed by atoms with Crippen molar-refractivity contribution >= 4 is 29.6 Å². The van der Waals surface area contributed by atoms with E-state index in [0.29, 0.717) is 43.5 Å². The van der Waals surface area contributed by atoms with E-state index in [4.69, 9.17) is 9.47 Å². The summed E-state index contributed by atoms with van der Waals surface area (Å²) >= 11 is 1.31. The fourth-order valence-electron chi connectivity index (χ4n) is 3.67. The molecule has 0 N–H and O–H groups in total. The smallest absolute Gasteiger partial charge is 0.340 e. The van der Waals surface area contributed by atoms with Gasteiger partial charge in [0.05, 0.1) is 23.7 Å². The predicted octanol–water partition coefficient (Wildman–Crippen LogP) is 2.90. The Morgan fingerprint density at radius 3 is 2.52 bits per heavy atom. The topological polar surface area (TPSA) is 110 Å². The molecule has 0 bridgehead atoms. The number of hydrogen-bond acceptors (Lipinski definition) is 8. The van der Waals surface area contributed by atoms with E-state index in [1.54, 1.807) is 24.1 Å². The van der Waals surface area contributed by atoms with Gasteiger partial charge in [-0.2, -0.15) is 5.26 Å². The number of rotatable bonds is 7. The summed E-state index contributed by atoms with van der Waals surface area (Å²) in [5.41, 5.74) is 1.12. The molecule has 1 aliphatic heterocycles. The van der Waals surface area contributed by atoms with Crippen molar-refractivity contribution in [1.82, 2.24) is 9.88 Å². The van der Waals surface area contributed by atoms with Gasteiger partial charge in [-0.25, -0.2) is 9.78 Å². The van der Waals surface area contributed by atoms with E-state index in [2.05, 4.69) is 11.1 Å². The molecule has 9 heteroatoms. The van der Waals surface area contributed by atoms with Crippen LogP contribution in [0.25, 0.3) is 0 Å². The van der Waals surface area contributed by atoms with Crippen molar-refractivity contribution in [3.8, 4) is 6.07 Å². The van der Waals surface area contributed by atoms with Crippen LogP contribution in [0.1, 0.15) is 67.1 Å². The Hall–Kier alpha value is -2.60. The number of piperidine rings is 1. The van der Waals surface area contributed by atoms with E-state index < -0.39 is 12.1 Å². The van der Waals surface area contributed by atoms with Crippen molar-refractivity contribution in [3.05, 3.63) is 22.9 Å². The van der Waals surface area contributed by atoms with Gasteiger partial charge in [-0.1, -0.05) is 0 Å². The lowest BCUT2D eigenvalue weighted by atomic mass is 9.96. The Morgan fingerprint density at radius 1 is 1.29 bits per heavy atom. The zero-order valence-electron chi connectivity index (χ0n) is 18.1. The zero-order chi connectivity index (χ0) is 22.5. The molecule has 2 fully saturated rings. The number of nitrogens with zero attached hydrogens (tertiary/aromatic N) is 3. The quantitative estimate of drug-likeness (QED) is 0.465. The second kappa shape index (κ2) is 10.1. The lowest BCUT2D eigenvalue weighted by molar-refractivity contribution is -0.152. The normalized spacial score (nSPS) is 17.5. The number of carbonyl (C=O) groups is 3. The molecule has 1 aliphatic carbocycles. The van der Waals surface area contributed by atoms with E-state index >= 15 is 0 Å². The third-order valence-electron chi connectivity index (χ3n) is 5.58. The van der Waals surface area contributed by atoms with Crippen LogP contribution in [0.3, 0.4) is 0 Å². The Bertz CT molecular complexity index is 901. The number of likely N-dealkylation sites (tertiary alicyclic amines) is 1. The van der Waals surface area contributed by atoms with Gasteiger partial charge in [0, 0.05) is 24.7 Å². The Kier molecular flexibility index (Phi) is 7.55. The zero-order valence-corrected chi connectivity index (χ0v) is 18.9. The van der Waals surface area contributed by atoms with Crippen LogP contribution >= 0.6 is 11.8 Å². The number of hydrogen-bond donors (Lipinski definition) is 0. The van der Waals surface area contributed by atoms with E-state index in [-0.39, 0.29) is 28.9 Å². The Balaban J connectivity index is 1.66. The van der Waals surface area contributed by atoms with Gasteiger partial charge < -0.3 is 14.4 Å². The standard InChI is InChI=1S/C22H27N3O5S/c1-4-29-21(27)15-7-9-25(10-8-15)20(26)13(2)30-22(28)16-11-18(14-5-6-14)24-19(31-3)17(16)12-23/h11,13-15H,4-10H2,1-3H3/t13-/m0/s1. The maximum atomic E-state index is 12.9. The highest BCUT2D eigenvalue weighted by atomic mass is 32.2. The van der Waals surface area contributed by atoms with E-state index in [1.807, 2.05) is 0 Å². The molecule has 1 aromatic heterocycles. The van der Waals surface area contributed by atoms with Crippen LogP contribution in [-0.2, 0) is 19.1 Å². The van der Waals surface area contributed by atoms with Crippen molar-refractivity contribution in [1.29, 1.82) is 5.26 Å². The second-order valence-electron chi connectivity index (χ2n) is 7.76. The Morgan fingerprint density at radius 2 is 1.97 bits per heavy atom. The molecule has 3 rings (SSSR count). The molecular weight excluding hydrogens is 418 g/mol. The molecular formula is C22H27N3O5S. The molecule has 2 heterocycles. The van der Waals surface area contributed by atoms with Gasteiger partial charge in [0.2, 0.25) is 0 Å². The van der Waals surface area contributed by atoms with Gasteiger partial charge >= 0.3 is 11.9 Å². The highest BCUT2D eigenvalue weighted by Crippen LogP contribution is 2.40. The second-order valence-corrected chi connectivity index (χ2v) is 8.56. The molecule has 8 nitrogen and oxygen atoms in total. The fraction of sp³-hybridized carbons (Fsp3) is 0.591. The minimum atomic E-state index is -0.992. The van der Waals surface area contributed by atoms with Gasteiger partial charge in [-0.05, 0) is 51.9 Å². The minimum absolute atomic E-state index is 0.157. The average Bonchev–Trinajstić information content (AvgIpc) is 3.63. The van der Waals surface area contributed by atoms with Crippen molar-refractivity contribution in [2.75, 3.05) is 26.0 Å². The summed E-state index contributed by atoms with van der Waals surface area (Å²) in [5.74, 6) is -1.13. The molecule has 1 atom stereocenters. The molecule has 1 saturated heterocycles. The van der Waals surface area contributed by atoms with Crippen LogP contribution in [0.5, 0.6) is 0 Å². The minimum Gasteiger partial charge on any atom is -0.466 e. The predicted molar refractivity (Wildman–Crippen MR) is 114 cm³/mol. The molecule has 2 aliphatic rings. The number of pyridine rings is 1. The number of aromatic nitrogens is 1. The number of carbonyl (C=O) groups excluding carboxylic acids is 3. The summed E-state index contributed by atoms with van der Waals surface area (Å²) in [6.45, 7) is 4.45. The summed E-state index contributed by atoms with van der Waals surface area (Å²) in [6.07, 6.45) is 3.89. The van der Waals surface area contributed by atoms with Crippen molar-refractivity contribution in [2.45, 2.75) is 56.6 Å². The SMILES string of the molecule is CCOC(=O)C1CCN(C(=O)[C@H](C)OC(=O)c2cc(C3CC3)nc(SC)c2C#N)CC1. The molecule has 1 saturated carbocycles. The van der Waals surface area contributed by atoms with Crippen LogP contribution in [0.4, 0.5) is 0 Å². The van der Waals surface area contributed by atoms with Gasteiger partial charge in [0.25, 0.3) is 5.91 Å². The van der Waals surface area contributed by atoms with Crippen LogP contribution in [0.2, 0.25) is 0 Å². The number of amides is 1. The van der Waals surface area contributed by atoms with Gasteiger partial charge in [-0.3, -0.25) is 9.59 Å². The first-order valence-corrected chi connectivity index (χ1v) is 11.8. The van der Waals surface area contributed by atoms with Crippen molar-refractivity contribution in [3.63, 3.8) is 0 Å². The molecule has 31 heavy (non-hydrogen) atoms. The van der Waals surface area contributed by atoms with Crippen LogP contribution in [-0.4, -0.2) is 59.8 Å².